The minimum absolute atomic E-state index is 0.110. The fourth-order valence-electron chi connectivity index (χ4n) is 0.645. The van der Waals surface area contributed by atoms with E-state index < -0.39 is 5.97 Å². The molecule has 0 aliphatic rings. The van der Waals surface area contributed by atoms with E-state index in [1.54, 1.807) is 5.38 Å². The van der Waals surface area contributed by atoms with E-state index in [4.69, 9.17) is 28.3 Å². The van der Waals surface area contributed by atoms with E-state index in [2.05, 4.69) is 0 Å². The highest BCUT2D eigenvalue weighted by Gasteiger charge is 2.11. The molecule has 11 heavy (non-hydrogen) atoms. The highest BCUT2D eigenvalue weighted by Crippen LogP contribution is 2.31. The predicted molar refractivity (Wildman–Crippen MR) is 45.7 cm³/mol. The fourth-order valence-corrected chi connectivity index (χ4v) is 2.02. The summed E-state index contributed by atoms with van der Waals surface area (Å²) in [6.45, 7) is 0. The minimum atomic E-state index is -0.924. The van der Waals surface area contributed by atoms with Gasteiger partial charge in [0.05, 0.1) is 15.8 Å². The smallest absolute Gasteiger partial charge is 0.307 e. The Bertz CT molecular complexity index is 263. The molecule has 1 aromatic rings. The molecule has 0 saturated heterocycles. The molecule has 1 heterocycles. The van der Waals surface area contributed by atoms with Crippen molar-refractivity contribution in [3.63, 3.8) is 0 Å². The molecule has 5 heteroatoms. The maximum Gasteiger partial charge on any atom is 0.307 e. The zero-order valence-electron chi connectivity index (χ0n) is 5.30. The number of hydrogen-bond donors (Lipinski definition) is 1. The Hall–Kier alpha value is -0.250. The zero-order chi connectivity index (χ0) is 8.43. The van der Waals surface area contributed by atoms with E-state index in [9.17, 15) is 4.79 Å². The van der Waals surface area contributed by atoms with Gasteiger partial charge in [-0.25, -0.2) is 0 Å². The number of carbonyl (C=O) groups is 1. The zero-order valence-corrected chi connectivity index (χ0v) is 7.63. The summed E-state index contributed by atoms with van der Waals surface area (Å²) in [7, 11) is 0. The highest BCUT2D eigenvalue weighted by molar-refractivity contribution is 7.15. The number of halogens is 2. The molecule has 0 radical (unpaired) electrons. The molecule has 0 fully saturated rings. The number of hydrogen-bond acceptors (Lipinski definition) is 2. The topological polar surface area (TPSA) is 37.3 Å². The van der Waals surface area contributed by atoms with E-state index in [-0.39, 0.29) is 6.42 Å². The Balaban J connectivity index is 2.92. The van der Waals surface area contributed by atoms with Gasteiger partial charge < -0.3 is 5.11 Å². The summed E-state index contributed by atoms with van der Waals surface area (Å²) in [5, 5.41) is 10.5. The van der Waals surface area contributed by atoms with Crippen molar-refractivity contribution in [3.05, 3.63) is 20.3 Å². The van der Waals surface area contributed by atoms with Crippen LogP contribution in [-0.4, -0.2) is 11.1 Å². The molecule has 1 aromatic heterocycles. The summed E-state index contributed by atoms with van der Waals surface area (Å²) >= 11 is 12.6. The van der Waals surface area contributed by atoms with Gasteiger partial charge in [-0.15, -0.1) is 11.3 Å². The van der Waals surface area contributed by atoms with Crippen LogP contribution in [0.4, 0.5) is 0 Å². The monoisotopic (exact) mass is 210 g/mol. The second-order valence-electron chi connectivity index (χ2n) is 1.91. The lowest BCUT2D eigenvalue weighted by molar-refractivity contribution is -0.136. The standard InChI is InChI=1S/C6H4Cl2O2S/c7-4-2-11-6(8)3(4)1-5(9)10/h2H,1H2,(H,9,10). The summed E-state index contributed by atoms with van der Waals surface area (Å²) < 4.78 is 0.456. The van der Waals surface area contributed by atoms with Crippen molar-refractivity contribution in [3.8, 4) is 0 Å². The van der Waals surface area contributed by atoms with Gasteiger partial charge in [-0.2, -0.15) is 0 Å². The maximum atomic E-state index is 10.3. The third kappa shape index (κ3) is 2.09. The Morgan fingerprint density at radius 1 is 1.64 bits per heavy atom. The molecule has 0 aromatic carbocycles. The van der Waals surface area contributed by atoms with Gasteiger partial charge in [-0.3, -0.25) is 4.79 Å². The lowest BCUT2D eigenvalue weighted by atomic mass is 10.2. The van der Waals surface area contributed by atoms with Crippen LogP contribution in [0.1, 0.15) is 5.56 Å². The van der Waals surface area contributed by atoms with Gasteiger partial charge in [0.1, 0.15) is 0 Å². The van der Waals surface area contributed by atoms with Crippen molar-refractivity contribution >= 4 is 40.5 Å². The summed E-state index contributed by atoms with van der Waals surface area (Å²) in [5.41, 5.74) is 0.505. The van der Waals surface area contributed by atoms with Gasteiger partial charge in [-0.05, 0) is 0 Å². The number of rotatable bonds is 2. The first-order chi connectivity index (χ1) is 5.11. The molecule has 1 rings (SSSR count). The van der Waals surface area contributed by atoms with Crippen LogP contribution in [0.5, 0.6) is 0 Å². The van der Waals surface area contributed by atoms with Crippen LogP contribution >= 0.6 is 34.5 Å². The van der Waals surface area contributed by atoms with E-state index in [0.717, 1.165) is 0 Å². The van der Waals surface area contributed by atoms with Crippen molar-refractivity contribution < 1.29 is 9.90 Å². The average Bonchev–Trinajstić information content (AvgIpc) is 2.18. The second kappa shape index (κ2) is 3.43. The summed E-state index contributed by atoms with van der Waals surface area (Å²) in [6, 6.07) is 0. The molecule has 0 aliphatic carbocycles. The molecular formula is C6H4Cl2O2S. The lowest BCUT2D eigenvalue weighted by Crippen LogP contribution is -1.99. The highest BCUT2D eigenvalue weighted by atomic mass is 35.5. The predicted octanol–water partition coefficient (Wildman–Crippen LogP) is 2.68. The van der Waals surface area contributed by atoms with Crippen LogP contribution in [-0.2, 0) is 11.2 Å². The molecular weight excluding hydrogens is 207 g/mol. The van der Waals surface area contributed by atoms with E-state index in [1.165, 1.54) is 11.3 Å². The SMILES string of the molecule is O=C(O)Cc1c(Cl)csc1Cl. The van der Waals surface area contributed by atoms with Crippen LogP contribution < -0.4 is 0 Å². The molecule has 0 unspecified atom stereocenters. The molecule has 0 aliphatic heterocycles. The Kier molecular flexibility index (Phi) is 2.76. The first-order valence-electron chi connectivity index (χ1n) is 2.74. The summed E-state index contributed by atoms with van der Waals surface area (Å²) in [5.74, 6) is -0.924. The molecule has 2 nitrogen and oxygen atoms in total. The number of thiophene rings is 1. The van der Waals surface area contributed by atoms with Crippen LogP contribution in [0.2, 0.25) is 9.36 Å². The van der Waals surface area contributed by atoms with Crippen LogP contribution in [0, 0.1) is 0 Å². The number of carboxylic acids is 1. The summed E-state index contributed by atoms with van der Waals surface area (Å²) in [6.07, 6.45) is -0.110. The quantitative estimate of drug-likeness (QED) is 0.816. The van der Waals surface area contributed by atoms with Crippen LogP contribution in [0.25, 0.3) is 0 Å². The van der Waals surface area contributed by atoms with E-state index in [0.29, 0.717) is 14.9 Å². The first-order valence-corrected chi connectivity index (χ1v) is 4.38. The average molecular weight is 211 g/mol. The van der Waals surface area contributed by atoms with Crippen molar-refractivity contribution in [2.45, 2.75) is 6.42 Å². The van der Waals surface area contributed by atoms with Gasteiger partial charge in [0.15, 0.2) is 0 Å². The molecule has 60 valence electrons. The molecule has 0 amide bonds. The molecule has 0 atom stereocenters. The third-order valence-corrected chi connectivity index (χ3v) is 2.89. The van der Waals surface area contributed by atoms with Gasteiger partial charge >= 0.3 is 5.97 Å². The Labute approximate surface area is 77.4 Å². The molecule has 0 saturated carbocycles. The van der Waals surface area contributed by atoms with Crippen molar-refractivity contribution in [2.75, 3.05) is 0 Å². The number of aliphatic carboxylic acids is 1. The van der Waals surface area contributed by atoms with Gasteiger partial charge in [-0.1, -0.05) is 23.2 Å². The van der Waals surface area contributed by atoms with Gasteiger partial charge in [0.25, 0.3) is 0 Å². The fraction of sp³-hybridized carbons (Fsp3) is 0.167. The van der Waals surface area contributed by atoms with Crippen molar-refractivity contribution in [1.82, 2.24) is 0 Å². The molecule has 0 spiro atoms. The largest absolute Gasteiger partial charge is 0.481 e. The van der Waals surface area contributed by atoms with Gasteiger partial charge in [0.2, 0.25) is 0 Å². The van der Waals surface area contributed by atoms with Crippen LogP contribution in [0.15, 0.2) is 5.38 Å². The summed E-state index contributed by atoms with van der Waals surface area (Å²) in [4.78, 5) is 10.3. The number of carboxylic acid groups (broad SMARTS) is 1. The minimum Gasteiger partial charge on any atom is -0.481 e. The van der Waals surface area contributed by atoms with E-state index in [1.807, 2.05) is 0 Å². The normalized spacial score (nSPS) is 10.0. The third-order valence-electron chi connectivity index (χ3n) is 1.12. The van der Waals surface area contributed by atoms with Gasteiger partial charge in [0, 0.05) is 10.9 Å². The van der Waals surface area contributed by atoms with E-state index >= 15 is 0 Å². The lowest BCUT2D eigenvalue weighted by Gasteiger charge is -1.92. The molecule has 1 N–H and O–H groups in total. The van der Waals surface area contributed by atoms with Crippen molar-refractivity contribution in [1.29, 1.82) is 0 Å². The van der Waals surface area contributed by atoms with Crippen LogP contribution in [0.3, 0.4) is 0 Å². The maximum absolute atomic E-state index is 10.3. The second-order valence-corrected chi connectivity index (χ2v) is 3.80. The Morgan fingerprint density at radius 3 is 2.64 bits per heavy atom. The molecule has 0 bridgehead atoms. The van der Waals surface area contributed by atoms with Crippen molar-refractivity contribution in [2.24, 2.45) is 0 Å². The Morgan fingerprint density at radius 2 is 2.27 bits per heavy atom. The first kappa shape index (κ1) is 8.84.